The van der Waals surface area contributed by atoms with Gasteiger partial charge in [-0.25, -0.2) is 4.79 Å². The van der Waals surface area contributed by atoms with Crippen molar-refractivity contribution in [2.45, 2.75) is 109 Å². The summed E-state index contributed by atoms with van der Waals surface area (Å²) in [4.78, 5) is 32.7. The molecule has 2 amide bonds. The lowest BCUT2D eigenvalue weighted by molar-refractivity contribution is -0.141. The summed E-state index contributed by atoms with van der Waals surface area (Å²) in [6.07, 6.45) is 5.60. The minimum Gasteiger partial charge on any atom is -0.490 e. The zero-order valence-corrected chi connectivity index (χ0v) is 33.6. The highest BCUT2D eigenvalue weighted by Crippen LogP contribution is 2.49. The van der Waals surface area contributed by atoms with Gasteiger partial charge in [-0.1, -0.05) is 59.1 Å². The van der Waals surface area contributed by atoms with Gasteiger partial charge in [0, 0.05) is 43.4 Å². The zero-order chi connectivity index (χ0) is 37.9. The maximum absolute atomic E-state index is 15.1. The Bertz CT molecular complexity index is 1740. The van der Waals surface area contributed by atoms with Crippen molar-refractivity contribution in [2.24, 2.45) is 5.92 Å². The quantitative estimate of drug-likeness (QED) is 0.152. The molecule has 53 heavy (non-hydrogen) atoms. The highest BCUT2D eigenvalue weighted by atomic mass is 35.5. The minimum atomic E-state index is -0.641. The number of nitrogens with zero attached hydrogens (tertiary/aromatic N) is 2. The summed E-state index contributed by atoms with van der Waals surface area (Å²) in [5.41, 5.74) is 3.49. The number of hydrogen-bond acceptors (Lipinski definition) is 6. The van der Waals surface area contributed by atoms with Gasteiger partial charge in [0.2, 0.25) is 5.91 Å². The van der Waals surface area contributed by atoms with Gasteiger partial charge in [0.15, 0.2) is 5.75 Å². The first-order valence-corrected chi connectivity index (χ1v) is 19.9. The molecule has 0 spiro atoms. The Morgan fingerprint density at radius 2 is 1.57 bits per heavy atom. The minimum absolute atomic E-state index is 0.00926. The van der Waals surface area contributed by atoms with Crippen LogP contribution in [0.2, 0.25) is 15.1 Å². The van der Waals surface area contributed by atoms with Crippen molar-refractivity contribution in [1.29, 1.82) is 0 Å². The monoisotopic (exact) mass is 784 g/mol. The van der Waals surface area contributed by atoms with Crippen LogP contribution in [0.3, 0.4) is 0 Å². The van der Waals surface area contributed by atoms with Crippen LogP contribution in [0.5, 0.6) is 11.5 Å². The molecule has 3 aromatic carbocycles. The van der Waals surface area contributed by atoms with E-state index in [0.717, 1.165) is 55.2 Å². The summed E-state index contributed by atoms with van der Waals surface area (Å²) < 4.78 is 23.0. The second-order valence-electron chi connectivity index (χ2n) is 15.6. The van der Waals surface area contributed by atoms with Crippen molar-refractivity contribution >= 4 is 46.8 Å². The predicted molar refractivity (Wildman–Crippen MR) is 210 cm³/mol. The largest absolute Gasteiger partial charge is 0.490 e. The first kappa shape index (κ1) is 39.5. The molecule has 6 rings (SSSR count). The van der Waals surface area contributed by atoms with Crippen molar-refractivity contribution in [3.05, 3.63) is 91.9 Å². The standard InChI is InChI=1S/C42H51Cl3N2O6/c1-26-21-35(44)39(36(45)22-26)52-20-19-51-32-14-9-28(10-15-32)33-24-31-13-17-37(47(31)41(49)53-42(2,3)4)38(33)40(48)46(30-11-12-30)25-29-23-27(7-6-18-50-5)8-16-34(29)43/h8-10,14-16,21-23,30-31,33,37-38H,6-7,11-13,17-20,24-25H2,1-5H3/t31-,33+,37+,38+/m0/s1. The van der Waals surface area contributed by atoms with E-state index in [1.165, 1.54) is 5.56 Å². The molecule has 2 heterocycles. The fraction of sp³-hybridized carbons (Fsp3) is 0.524. The second-order valence-corrected chi connectivity index (χ2v) is 16.8. The summed E-state index contributed by atoms with van der Waals surface area (Å²) in [6.45, 7) is 9.25. The second kappa shape index (κ2) is 17.1. The summed E-state index contributed by atoms with van der Waals surface area (Å²) in [7, 11) is 1.71. The average molecular weight is 786 g/mol. The average Bonchev–Trinajstić information content (AvgIpc) is 3.89. The van der Waals surface area contributed by atoms with Gasteiger partial charge in [-0.3, -0.25) is 4.79 Å². The van der Waals surface area contributed by atoms with Crippen LogP contribution in [0.4, 0.5) is 4.79 Å². The van der Waals surface area contributed by atoms with Crippen LogP contribution in [0.1, 0.15) is 87.5 Å². The molecular formula is C42H51Cl3N2O6. The van der Waals surface area contributed by atoms with Gasteiger partial charge in [0.25, 0.3) is 0 Å². The third-order valence-corrected chi connectivity index (χ3v) is 11.3. The van der Waals surface area contributed by atoms with Crippen LogP contribution >= 0.6 is 34.8 Å². The van der Waals surface area contributed by atoms with E-state index in [4.69, 9.17) is 53.8 Å². The molecule has 0 unspecified atom stereocenters. The van der Waals surface area contributed by atoms with Crippen LogP contribution < -0.4 is 9.47 Å². The number of fused-ring (bicyclic) bond motifs is 2. The molecule has 0 N–H and O–H groups in total. The lowest BCUT2D eigenvalue weighted by Crippen LogP contribution is -2.56. The van der Waals surface area contributed by atoms with Gasteiger partial charge in [-0.15, -0.1) is 0 Å². The number of hydrogen-bond donors (Lipinski definition) is 0. The molecule has 1 saturated carbocycles. The molecule has 3 aromatic rings. The number of halogens is 3. The summed E-state index contributed by atoms with van der Waals surface area (Å²) in [5.74, 6) is 0.685. The summed E-state index contributed by atoms with van der Waals surface area (Å²) in [6, 6.07) is 17.6. The van der Waals surface area contributed by atoms with Crippen LogP contribution in [-0.4, -0.2) is 72.5 Å². The Balaban J connectivity index is 1.22. The molecular weight excluding hydrogens is 735 g/mol. The number of amides is 2. The van der Waals surface area contributed by atoms with Gasteiger partial charge in [0.05, 0.1) is 16.0 Å². The maximum atomic E-state index is 15.1. The topological polar surface area (TPSA) is 77.5 Å². The molecule has 2 saturated heterocycles. The van der Waals surface area contributed by atoms with E-state index in [1.54, 1.807) is 7.11 Å². The molecule has 2 aliphatic heterocycles. The van der Waals surface area contributed by atoms with Gasteiger partial charge in [0.1, 0.15) is 24.6 Å². The number of rotatable bonds is 14. The van der Waals surface area contributed by atoms with Crippen molar-refractivity contribution in [2.75, 3.05) is 26.9 Å². The van der Waals surface area contributed by atoms with Crippen molar-refractivity contribution in [3.8, 4) is 11.5 Å². The Hall–Kier alpha value is -3.17. The first-order chi connectivity index (χ1) is 25.3. The van der Waals surface area contributed by atoms with E-state index in [2.05, 4.69) is 24.3 Å². The molecule has 11 heteroatoms. The van der Waals surface area contributed by atoms with E-state index < -0.39 is 11.5 Å². The highest BCUT2D eigenvalue weighted by molar-refractivity contribution is 6.37. The smallest absolute Gasteiger partial charge is 0.410 e. The summed E-state index contributed by atoms with van der Waals surface area (Å²) >= 11 is 19.4. The van der Waals surface area contributed by atoms with Gasteiger partial charge < -0.3 is 28.7 Å². The fourth-order valence-corrected chi connectivity index (χ4v) is 8.78. The van der Waals surface area contributed by atoms with Crippen molar-refractivity contribution < 1.29 is 28.5 Å². The van der Waals surface area contributed by atoms with E-state index in [0.29, 0.717) is 52.7 Å². The van der Waals surface area contributed by atoms with E-state index in [-0.39, 0.29) is 42.7 Å². The SMILES string of the molecule is COCCCc1ccc(Cl)c(CN(C(=O)[C@@H]2[C@@H](c3ccc(OCCOc4c(Cl)cc(C)cc4Cl)cc3)C[C@@H]3CC[C@H]2N3C(=O)OC(C)(C)C)C2CC2)c1. The van der Waals surface area contributed by atoms with Crippen molar-refractivity contribution in [1.82, 2.24) is 9.80 Å². The van der Waals surface area contributed by atoms with Gasteiger partial charge in [-0.05, 0) is 131 Å². The number of carbonyl (C=O) groups excluding carboxylic acids is 2. The Morgan fingerprint density at radius 1 is 0.868 bits per heavy atom. The van der Waals surface area contributed by atoms with Crippen LogP contribution in [-0.2, 0) is 27.2 Å². The number of methoxy groups -OCH3 is 1. The Labute approximate surface area is 328 Å². The van der Waals surface area contributed by atoms with Gasteiger partial charge in [-0.2, -0.15) is 0 Å². The lowest BCUT2D eigenvalue weighted by Gasteiger charge is -2.45. The Morgan fingerprint density at radius 3 is 2.23 bits per heavy atom. The molecule has 3 fully saturated rings. The summed E-state index contributed by atoms with van der Waals surface area (Å²) in [5, 5.41) is 1.58. The third-order valence-electron chi connectivity index (χ3n) is 10.4. The van der Waals surface area contributed by atoms with E-state index >= 15 is 4.79 Å². The van der Waals surface area contributed by atoms with Gasteiger partial charge >= 0.3 is 6.09 Å². The first-order valence-electron chi connectivity index (χ1n) is 18.7. The third kappa shape index (κ3) is 9.74. The lowest BCUT2D eigenvalue weighted by atomic mass is 9.75. The fourth-order valence-electron chi connectivity index (χ4n) is 7.90. The molecule has 4 atom stereocenters. The normalized spacial score (nSPS) is 21.0. The van der Waals surface area contributed by atoms with Crippen LogP contribution in [0.15, 0.2) is 54.6 Å². The number of aryl methyl sites for hydroxylation is 2. The predicted octanol–water partition coefficient (Wildman–Crippen LogP) is 10.1. The molecule has 3 aliphatic rings. The number of benzene rings is 3. The molecule has 1 aliphatic carbocycles. The molecule has 8 nitrogen and oxygen atoms in total. The van der Waals surface area contributed by atoms with Crippen molar-refractivity contribution in [3.63, 3.8) is 0 Å². The van der Waals surface area contributed by atoms with Crippen LogP contribution in [0.25, 0.3) is 0 Å². The maximum Gasteiger partial charge on any atom is 0.410 e. The molecule has 286 valence electrons. The molecule has 0 aromatic heterocycles. The Kier molecular flexibility index (Phi) is 12.7. The number of ether oxygens (including phenoxy) is 4. The molecule has 2 bridgehead atoms. The van der Waals surface area contributed by atoms with E-state index in [1.807, 2.05) is 67.8 Å². The van der Waals surface area contributed by atoms with E-state index in [9.17, 15) is 4.79 Å². The zero-order valence-electron chi connectivity index (χ0n) is 31.3. The highest BCUT2D eigenvalue weighted by Gasteiger charge is 2.55. The molecule has 0 radical (unpaired) electrons. The number of carbonyl (C=O) groups is 2. The number of piperidine rings is 1. The van der Waals surface area contributed by atoms with Crippen LogP contribution in [0, 0.1) is 12.8 Å².